The average Bonchev–Trinajstić information content (AvgIpc) is 3.22. The summed E-state index contributed by atoms with van der Waals surface area (Å²) in [5.74, 6) is 0.930. The zero-order valence-electron chi connectivity index (χ0n) is 17.7. The van der Waals surface area contributed by atoms with Gasteiger partial charge in [-0.3, -0.25) is 0 Å². The van der Waals surface area contributed by atoms with E-state index in [0.717, 1.165) is 19.0 Å². The predicted molar refractivity (Wildman–Crippen MR) is 131 cm³/mol. The van der Waals surface area contributed by atoms with Crippen LogP contribution in [0.2, 0.25) is 0 Å². The first-order valence-electron chi connectivity index (χ1n) is 10.6. The third-order valence-electron chi connectivity index (χ3n) is 5.18. The second-order valence-corrected chi connectivity index (χ2v) is 7.51. The van der Waals surface area contributed by atoms with Gasteiger partial charge in [0.25, 0.3) is 0 Å². The molecule has 0 radical (unpaired) electrons. The van der Waals surface area contributed by atoms with Crippen molar-refractivity contribution in [3.8, 4) is 0 Å². The fraction of sp³-hybridized carbons (Fsp3) is 0.545. The number of likely N-dealkylation sites (tertiary alicyclic amines) is 1. The molecular weight excluding hydrogens is 475 g/mol. The van der Waals surface area contributed by atoms with Gasteiger partial charge in [0.05, 0.1) is 12.9 Å². The monoisotopic (exact) mass is 510 g/mol. The molecule has 160 valence electrons. The summed E-state index contributed by atoms with van der Waals surface area (Å²) in [5.41, 5.74) is 2.50. The van der Waals surface area contributed by atoms with E-state index >= 15 is 0 Å². The summed E-state index contributed by atoms with van der Waals surface area (Å²) in [6.07, 6.45) is 9.26. The number of imidazole rings is 1. The molecule has 0 spiro atoms. The highest BCUT2D eigenvalue weighted by molar-refractivity contribution is 14.0. The number of rotatable bonds is 8. The number of aromatic nitrogens is 2. The Labute approximate surface area is 192 Å². The van der Waals surface area contributed by atoms with Crippen LogP contribution in [0, 0.1) is 0 Å². The van der Waals surface area contributed by atoms with Crippen LogP contribution in [0.1, 0.15) is 44.2 Å². The number of halogens is 1. The standard InChI is InChI=1S/C22H34N6.HI/c1-3-12-27-13-9-21(10-14-27)26-22(24-4-2)25-16-19-5-7-20(8-6-19)17-28-15-11-23-18-28;/h5-8,11,15,18,21H,3-4,9-10,12-14,16-17H2,1-2H3,(H2,24,25,26);1H. The van der Waals surface area contributed by atoms with Gasteiger partial charge < -0.3 is 20.1 Å². The molecule has 0 amide bonds. The lowest BCUT2D eigenvalue weighted by Gasteiger charge is -2.32. The summed E-state index contributed by atoms with van der Waals surface area (Å²) in [6, 6.07) is 9.21. The van der Waals surface area contributed by atoms with Gasteiger partial charge in [-0.25, -0.2) is 9.98 Å². The van der Waals surface area contributed by atoms with E-state index < -0.39 is 0 Å². The van der Waals surface area contributed by atoms with Crippen LogP contribution in [-0.4, -0.2) is 52.6 Å². The molecule has 3 rings (SSSR count). The number of piperidine rings is 1. The van der Waals surface area contributed by atoms with E-state index in [0.29, 0.717) is 12.6 Å². The van der Waals surface area contributed by atoms with Crippen molar-refractivity contribution < 1.29 is 0 Å². The fourth-order valence-electron chi connectivity index (χ4n) is 3.64. The zero-order valence-corrected chi connectivity index (χ0v) is 20.0. The third-order valence-corrected chi connectivity index (χ3v) is 5.18. The normalized spacial score (nSPS) is 15.7. The number of benzene rings is 1. The molecular formula is C22H35IN6. The Hall–Kier alpha value is -1.61. The van der Waals surface area contributed by atoms with Crippen molar-refractivity contribution in [3.05, 3.63) is 54.1 Å². The Bertz CT molecular complexity index is 705. The lowest BCUT2D eigenvalue weighted by atomic mass is 10.1. The van der Waals surface area contributed by atoms with Crippen LogP contribution in [0.4, 0.5) is 0 Å². The highest BCUT2D eigenvalue weighted by Crippen LogP contribution is 2.11. The lowest BCUT2D eigenvalue weighted by molar-refractivity contribution is 0.206. The van der Waals surface area contributed by atoms with E-state index in [1.54, 1.807) is 0 Å². The topological polar surface area (TPSA) is 57.5 Å². The molecule has 0 aliphatic carbocycles. The Morgan fingerprint density at radius 1 is 1.14 bits per heavy atom. The van der Waals surface area contributed by atoms with Gasteiger partial charge in [-0.05, 0) is 43.9 Å². The first kappa shape index (κ1) is 23.7. The number of guanidine groups is 1. The average molecular weight is 510 g/mol. The van der Waals surface area contributed by atoms with Crippen LogP contribution < -0.4 is 10.6 Å². The van der Waals surface area contributed by atoms with Gasteiger partial charge >= 0.3 is 0 Å². The maximum atomic E-state index is 4.80. The largest absolute Gasteiger partial charge is 0.357 e. The van der Waals surface area contributed by atoms with Crippen molar-refractivity contribution in [2.75, 3.05) is 26.2 Å². The van der Waals surface area contributed by atoms with Crippen LogP contribution >= 0.6 is 24.0 Å². The van der Waals surface area contributed by atoms with Gasteiger partial charge in [0, 0.05) is 44.6 Å². The van der Waals surface area contributed by atoms with E-state index in [-0.39, 0.29) is 24.0 Å². The molecule has 29 heavy (non-hydrogen) atoms. The van der Waals surface area contributed by atoms with Crippen LogP contribution in [-0.2, 0) is 13.1 Å². The summed E-state index contributed by atoms with van der Waals surface area (Å²) in [7, 11) is 0. The number of hydrogen-bond acceptors (Lipinski definition) is 3. The summed E-state index contributed by atoms with van der Waals surface area (Å²) < 4.78 is 2.08. The zero-order chi connectivity index (χ0) is 19.6. The van der Waals surface area contributed by atoms with Crippen LogP contribution in [0.15, 0.2) is 48.0 Å². The second-order valence-electron chi connectivity index (χ2n) is 7.51. The maximum absolute atomic E-state index is 4.80. The molecule has 1 aliphatic rings. The minimum absolute atomic E-state index is 0. The molecule has 0 atom stereocenters. The van der Waals surface area contributed by atoms with E-state index in [9.17, 15) is 0 Å². The van der Waals surface area contributed by atoms with Gasteiger partial charge in [-0.2, -0.15) is 0 Å². The number of aliphatic imine (C=N–C) groups is 1. The van der Waals surface area contributed by atoms with Gasteiger partial charge in [-0.1, -0.05) is 31.2 Å². The first-order chi connectivity index (χ1) is 13.8. The Kier molecular flexibility index (Phi) is 10.5. The highest BCUT2D eigenvalue weighted by Gasteiger charge is 2.19. The molecule has 2 N–H and O–H groups in total. The molecule has 1 aromatic heterocycles. The van der Waals surface area contributed by atoms with Gasteiger partial charge in [-0.15, -0.1) is 24.0 Å². The molecule has 1 aliphatic heterocycles. The van der Waals surface area contributed by atoms with Crippen LogP contribution in [0.3, 0.4) is 0 Å². The molecule has 0 bridgehead atoms. The van der Waals surface area contributed by atoms with E-state index in [4.69, 9.17) is 4.99 Å². The minimum atomic E-state index is 0. The van der Waals surface area contributed by atoms with Gasteiger partial charge in [0.15, 0.2) is 5.96 Å². The molecule has 2 aromatic rings. The van der Waals surface area contributed by atoms with Crippen molar-refractivity contribution in [2.24, 2.45) is 4.99 Å². The predicted octanol–water partition coefficient (Wildman–Crippen LogP) is 3.48. The van der Waals surface area contributed by atoms with E-state index in [1.165, 1.54) is 50.0 Å². The van der Waals surface area contributed by atoms with Crippen molar-refractivity contribution in [2.45, 2.75) is 52.2 Å². The first-order valence-corrected chi connectivity index (χ1v) is 10.6. The second kappa shape index (κ2) is 12.8. The number of hydrogen-bond donors (Lipinski definition) is 2. The van der Waals surface area contributed by atoms with Crippen LogP contribution in [0.5, 0.6) is 0 Å². The summed E-state index contributed by atoms with van der Waals surface area (Å²) in [5, 5.41) is 7.03. The number of nitrogens with one attached hydrogen (secondary N) is 2. The van der Waals surface area contributed by atoms with Crippen molar-refractivity contribution in [3.63, 3.8) is 0 Å². The Morgan fingerprint density at radius 2 is 1.86 bits per heavy atom. The molecule has 0 saturated carbocycles. The van der Waals surface area contributed by atoms with Crippen molar-refractivity contribution >= 4 is 29.9 Å². The molecule has 1 saturated heterocycles. The van der Waals surface area contributed by atoms with Crippen molar-refractivity contribution in [1.29, 1.82) is 0 Å². The maximum Gasteiger partial charge on any atom is 0.191 e. The Balaban J connectivity index is 0.00000300. The van der Waals surface area contributed by atoms with Crippen LogP contribution in [0.25, 0.3) is 0 Å². The smallest absolute Gasteiger partial charge is 0.191 e. The third kappa shape index (κ3) is 7.97. The van der Waals surface area contributed by atoms with Gasteiger partial charge in [0.2, 0.25) is 0 Å². The molecule has 1 fully saturated rings. The van der Waals surface area contributed by atoms with E-state index in [1.807, 2.05) is 18.7 Å². The summed E-state index contributed by atoms with van der Waals surface area (Å²) in [6.45, 7) is 10.4. The minimum Gasteiger partial charge on any atom is -0.357 e. The van der Waals surface area contributed by atoms with Gasteiger partial charge in [0.1, 0.15) is 0 Å². The fourth-order valence-corrected chi connectivity index (χ4v) is 3.64. The number of nitrogens with zero attached hydrogens (tertiary/aromatic N) is 4. The molecule has 0 unspecified atom stereocenters. The molecule has 7 heteroatoms. The highest BCUT2D eigenvalue weighted by atomic mass is 127. The Morgan fingerprint density at radius 3 is 2.48 bits per heavy atom. The quantitative estimate of drug-likeness (QED) is 0.325. The summed E-state index contributed by atoms with van der Waals surface area (Å²) in [4.78, 5) is 11.5. The van der Waals surface area contributed by atoms with E-state index in [2.05, 4.69) is 63.2 Å². The molecule has 1 aromatic carbocycles. The SMILES string of the molecule is CCCN1CCC(NC(=NCc2ccc(Cn3ccnc3)cc2)NCC)CC1.I. The summed E-state index contributed by atoms with van der Waals surface area (Å²) >= 11 is 0. The lowest BCUT2D eigenvalue weighted by Crippen LogP contribution is -2.48. The molecule has 2 heterocycles. The molecule has 6 nitrogen and oxygen atoms in total. The van der Waals surface area contributed by atoms with Crippen molar-refractivity contribution in [1.82, 2.24) is 25.1 Å².